The van der Waals surface area contributed by atoms with E-state index in [1.54, 1.807) is 0 Å². The summed E-state index contributed by atoms with van der Waals surface area (Å²) in [6.45, 7) is 4.77. The van der Waals surface area contributed by atoms with E-state index in [9.17, 15) is 0 Å². The lowest BCUT2D eigenvalue weighted by Gasteiger charge is -2.35. The summed E-state index contributed by atoms with van der Waals surface area (Å²) in [5.41, 5.74) is 15.0. The van der Waals surface area contributed by atoms with E-state index in [0.717, 1.165) is 0 Å². The van der Waals surface area contributed by atoms with Gasteiger partial charge in [0, 0.05) is 38.3 Å². The van der Waals surface area contributed by atoms with Crippen LogP contribution in [0.5, 0.6) is 0 Å². The second kappa shape index (κ2) is 10.3. The van der Waals surface area contributed by atoms with E-state index >= 15 is 0 Å². The molecular weight excluding hydrogens is 617 g/mol. The Hall–Kier alpha value is -6.38. The zero-order valence-corrected chi connectivity index (χ0v) is 28.6. The molecule has 2 heterocycles. The van der Waals surface area contributed by atoms with Crippen molar-refractivity contribution in [1.29, 1.82) is 0 Å². The maximum Gasteiger partial charge on any atom is 0.0544 e. The van der Waals surface area contributed by atoms with Gasteiger partial charge in [0.25, 0.3) is 0 Å². The Balaban J connectivity index is 1.03. The van der Waals surface area contributed by atoms with Crippen molar-refractivity contribution >= 4 is 54.4 Å². The first-order valence-corrected chi connectivity index (χ1v) is 17.9. The molecule has 2 aromatic heterocycles. The number of nitrogens with zero attached hydrogens (tertiary/aromatic N) is 2. The molecule has 0 unspecified atom stereocenters. The average molecular weight is 651 g/mol. The van der Waals surface area contributed by atoms with E-state index in [2.05, 4.69) is 193 Å². The quantitative estimate of drug-likeness (QED) is 0.180. The lowest BCUT2D eigenvalue weighted by atomic mass is 9.68. The Morgan fingerprint density at radius 2 is 0.863 bits per heavy atom. The number of rotatable bonds is 3. The Labute approximate surface area is 296 Å². The van der Waals surface area contributed by atoms with Gasteiger partial charge in [-0.3, -0.25) is 0 Å². The molecule has 0 amide bonds. The van der Waals surface area contributed by atoms with Crippen molar-refractivity contribution in [1.82, 2.24) is 9.13 Å². The molecule has 10 aromatic rings. The highest BCUT2D eigenvalue weighted by molar-refractivity contribution is 6.13. The zero-order chi connectivity index (χ0) is 33.8. The van der Waals surface area contributed by atoms with Crippen molar-refractivity contribution < 1.29 is 0 Å². The van der Waals surface area contributed by atoms with Crippen LogP contribution in [-0.2, 0) is 5.41 Å². The third kappa shape index (κ3) is 3.93. The van der Waals surface area contributed by atoms with Gasteiger partial charge in [-0.2, -0.15) is 0 Å². The van der Waals surface area contributed by atoms with Gasteiger partial charge in [0.15, 0.2) is 0 Å². The molecule has 11 rings (SSSR count). The number of aromatic nitrogens is 2. The molecule has 0 N–H and O–H groups in total. The normalized spacial score (nSPS) is 13.5. The van der Waals surface area contributed by atoms with Gasteiger partial charge in [-0.25, -0.2) is 0 Å². The second-order valence-corrected chi connectivity index (χ2v) is 14.6. The Bertz CT molecular complexity index is 2970. The highest BCUT2D eigenvalue weighted by Crippen LogP contribution is 2.50. The monoisotopic (exact) mass is 650 g/mol. The number of fused-ring (bicyclic) bond motifs is 8. The van der Waals surface area contributed by atoms with Gasteiger partial charge >= 0.3 is 0 Å². The van der Waals surface area contributed by atoms with Crippen LogP contribution in [0.25, 0.3) is 88.0 Å². The first-order valence-electron chi connectivity index (χ1n) is 17.9. The third-order valence-corrected chi connectivity index (χ3v) is 11.5. The van der Waals surface area contributed by atoms with Gasteiger partial charge in [-0.15, -0.1) is 0 Å². The topological polar surface area (TPSA) is 9.86 Å². The summed E-state index contributed by atoms with van der Waals surface area (Å²) in [6.07, 6.45) is 0. The van der Waals surface area contributed by atoms with Crippen molar-refractivity contribution in [2.24, 2.45) is 0 Å². The fourth-order valence-corrected chi connectivity index (χ4v) is 9.07. The maximum absolute atomic E-state index is 2.47. The summed E-state index contributed by atoms with van der Waals surface area (Å²) in [4.78, 5) is 0. The summed E-state index contributed by atoms with van der Waals surface area (Å²) >= 11 is 0. The Morgan fingerprint density at radius 1 is 0.373 bits per heavy atom. The minimum absolute atomic E-state index is 0.131. The highest BCUT2D eigenvalue weighted by Gasteiger charge is 2.34. The molecule has 2 heteroatoms. The van der Waals surface area contributed by atoms with Crippen LogP contribution in [0.3, 0.4) is 0 Å². The molecule has 1 aliphatic carbocycles. The molecule has 0 saturated heterocycles. The summed E-state index contributed by atoms with van der Waals surface area (Å²) < 4.78 is 4.83. The van der Waals surface area contributed by atoms with Crippen molar-refractivity contribution in [3.63, 3.8) is 0 Å². The molecule has 0 saturated carbocycles. The molecule has 0 bridgehead atoms. The lowest BCUT2D eigenvalue weighted by Crippen LogP contribution is -2.23. The largest absolute Gasteiger partial charge is 0.309 e. The van der Waals surface area contributed by atoms with Crippen molar-refractivity contribution in [2.75, 3.05) is 0 Å². The van der Waals surface area contributed by atoms with Crippen molar-refractivity contribution in [3.8, 4) is 33.6 Å². The molecule has 2 nitrogen and oxygen atoms in total. The zero-order valence-electron chi connectivity index (χ0n) is 28.6. The van der Waals surface area contributed by atoms with E-state index < -0.39 is 0 Å². The Morgan fingerprint density at radius 3 is 1.43 bits per heavy atom. The molecule has 0 atom stereocenters. The number of hydrogen-bond acceptors (Lipinski definition) is 0. The third-order valence-electron chi connectivity index (χ3n) is 11.5. The van der Waals surface area contributed by atoms with Crippen LogP contribution in [0.4, 0.5) is 0 Å². The van der Waals surface area contributed by atoms with Crippen LogP contribution < -0.4 is 0 Å². The highest BCUT2D eigenvalue weighted by atomic mass is 15.0. The van der Waals surface area contributed by atoms with E-state index in [0.29, 0.717) is 0 Å². The molecule has 0 aliphatic heterocycles. The molecule has 51 heavy (non-hydrogen) atoms. The van der Waals surface area contributed by atoms with Gasteiger partial charge in [0.1, 0.15) is 0 Å². The summed E-state index contributed by atoms with van der Waals surface area (Å²) in [7, 11) is 0. The van der Waals surface area contributed by atoms with Crippen molar-refractivity contribution in [2.45, 2.75) is 19.3 Å². The predicted octanol–water partition coefficient (Wildman–Crippen LogP) is 13.0. The average Bonchev–Trinajstić information content (AvgIpc) is 3.69. The van der Waals surface area contributed by atoms with Gasteiger partial charge in [0.2, 0.25) is 0 Å². The van der Waals surface area contributed by atoms with E-state index in [4.69, 9.17) is 0 Å². The van der Waals surface area contributed by atoms with E-state index in [1.807, 2.05) is 0 Å². The van der Waals surface area contributed by atoms with Crippen LogP contribution in [0.15, 0.2) is 170 Å². The summed E-state index contributed by atoms with van der Waals surface area (Å²) in [6, 6.07) is 62.8. The van der Waals surface area contributed by atoms with Gasteiger partial charge in [-0.05, 0) is 98.8 Å². The van der Waals surface area contributed by atoms with Crippen LogP contribution in [-0.4, -0.2) is 9.13 Å². The lowest BCUT2D eigenvalue weighted by molar-refractivity contribution is 0.646. The minimum atomic E-state index is -0.131. The van der Waals surface area contributed by atoms with Crippen LogP contribution in [0, 0.1) is 0 Å². The number of para-hydroxylation sites is 3. The number of benzene rings is 8. The molecule has 1 aliphatic rings. The van der Waals surface area contributed by atoms with Gasteiger partial charge in [-0.1, -0.05) is 129 Å². The summed E-state index contributed by atoms with van der Waals surface area (Å²) in [5.74, 6) is 0. The second-order valence-electron chi connectivity index (χ2n) is 14.6. The van der Waals surface area contributed by atoms with Crippen LogP contribution >= 0.6 is 0 Å². The standard InChI is InChI=1S/C49H34N2/c1-49(2)42-17-10-12-33-11-9-16-39(48(33)42)40-29-41-38-15-5-8-20-46(38)51(47(41)30-43(40)49)35-27-23-32(24-28-35)31-21-25-34(26-22-31)50-44-18-6-3-13-36(44)37-14-4-7-19-45(37)50/h3-30H,1-2H3. The first kappa shape index (κ1) is 28.5. The maximum atomic E-state index is 2.47. The molecular formula is C49H34N2. The molecule has 240 valence electrons. The van der Waals surface area contributed by atoms with E-state index in [1.165, 1.54) is 99.1 Å². The predicted molar refractivity (Wildman–Crippen MR) is 216 cm³/mol. The van der Waals surface area contributed by atoms with Crippen molar-refractivity contribution in [3.05, 3.63) is 181 Å². The van der Waals surface area contributed by atoms with E-state index in [-0.39, 0.29) is 5.41 Å². The number of hydrogen-bond donors (Lipinski definition) is 0. The SMILES string of the molecule is CC1(C)c2cc3c(cc2-c2cccc4cccc1c24)c1ccccc1n3-c1ccc(-c2ccc(-n3c4ccccc4c4ccccc43)cc2)cc1. The summed E-state index contributed by atoms with van der Waals surface area (Å²) in [5, 5.41) is 7.84. The smallest absolute Gasteiger partial charge is 0.0544 e. The molecule has 0 spiro atoms. The van der Waals surface area contributed by atoms with Crippen LogP contribution in [0.2, 0.25) is 0 Å². The Kier molecular flexibility index (Phi) is 5.76. The first-order chi connectivity index (χ1) is 25.1. The molecule has 8 aromatic carbocycles. The minimum Gasteiger partial charge on any atom is -0.309 e. The van der Waals surface area contributed by atoms with Crippen LogP contribution in [0.1, 0.15) is 25.0 Å². The van der Waals surface area contributed by atoms with Gasteiger partial charge < -0.3 is 9.13 Å². The molecule has 0 radical (unpaired) electrons. The fourth-order valence-electron chi connectivity index (χ4n) is 9.07. The molecule has 0 fully saturated rings. The fraction of sp³-hybridized carbons (Fsp3) is 0.0612. The van der Waals surface area contributed by atoms with Gasteiger partial charge in [0.05, 0.1) is 22.1 Å².